The number of hydrogen-bond acceptors (Lipinski definition) is 4. The van der Waals surface area contributed by atoms with Crippen molar-refractivity contribution in [1.29, 1.82) is 0 Å². The molecular formula is C24H37IN6. The normalized spacial score (nSPS) is 14.5. The Bertz CT molecular complexity index is 744. The number of halogens is 1. The molecule has 0 bridgehead atoms. The van der Waals surface area contributed by atoms with Gasteiger partial charge in [-0.3, -0.25) is 9.89 Å². The van der Waals surface area contributed by atoms with Crippen LogP contribution in [0.5, 0.6) is 0 Å². The molecule has 31 heavy (non-hydrogen) atoms. The average molecular weight is 537 g/mol. The first kappa shape index (κ1) is 25.4. The van der Waals surface area contributed by atoms with E-state index in [1.807, 2.05) is 31.4 Å². The van der Waals surface area contributed by atoms with Crippen molar-refractivity contribution in [3.8, 4) is 0 Å². The van der Waals surface area contributed by atoms with E-state index in [1.165, 1.54) is 43.5 Å². The lowest BCUT2D eigenvalue weighted by Gasteiger charge is -2.26. The molecule has 0 unspecified atom stereocenters. The molecule has 6 nitrogen and oxygen atoms in total. The summed E-state index contributed by atoms with van der Waals surface area (Å²) < 4.78 is 0. The number of likely N-dealkylation sites (tertiary alicyclic amines) is 1. The number of aliphatic imine (C=N–C) groups is 1. The third-order valence-corrected chi connectivity index (χ3v) is 5.43. The molecule has 1 aromatic heterocycles. The molecule has 1 saturated heterocycles. The van der Waals surface area contributed by atoms with Crippen molar-refractivity contribution in [2.24, 2.45) is 4.99 Å². The van der Waals surface area contributed by atoms with Crippen LogP contribution in [0, 0.1) is 0 Å². The largest absolute Gasteiger partial charge is 0.370 e. The molecule has 1 fully saturated rings. The maximum Gasteiger partial charge on any atom is 0.191 e. The smallest absolute Gasteiger partial charge is 0.191 e. The number of benzene rings is 1. The van der Waals surface area contributed by atoms with Crippen LogP contribution in [0.25, 0.3) is 0 Å². The zero-order valence-electron chi connectivity index (χ0n) is 18.6. The van der Waals surface area contributed by atoms with Crippen molar-refractivity contribution < 1.29 is 0 Å². The molecule has 3 N–H and O–H groups in total. The molecule has 0 saturated carbocycles. The number of hydrogen-bond donors (Lipinski definition) is 3. The number of pyridine rings is 1. The van der Waals surface area contributed by atoms with Gasteiger partial charge in [0.05, 0.1) is 0 Å². The van der Waals surface area contributed by atoms with Crippen molar-refractivity contribution in [2.45, 2.75) is 45.2 Å². The van der Waals surface area contributed by atoms with E-state index < -0.39 is 0 Å². The van der Waals surface area contributed by atoms with Gasteiger partial charge in [0, 0.05) is 39.4 Å². The topological polar surface area (TPSA) is 64.6 Å². The lowest BCUT2D eigenvalue weighted by molar-refractivity contribution is 0.221. The zero-order chi connectivity index (χ0) is 20.9. The predicted molar refractivity (Wildman–Crippen MR) is 141 cm³/mol. The van der Waals surface area contributed by atoms with Crippen LogP contribution in [0.4, 0.5) is 5.82 Å². The average Bonchev–Trinajstić information content (AvgIpc) is 2.80. The summed E-state index contributed by atoms with van der Waals surface area (Å²) in [6.45, 7) is 6.17. The highest BCUT2D eigenvalue weighted by Crippen LogP contribution is 2.13. The van der Waals surface area contributed by atoms with Gasteiger partial charge >= 0.3 is 0 Å². The third-order valence-electron chi connectivity index (χ3n) is 5.43. The van der Waals surface area contributed by atoms with Gasteiger partial charge < -0.3 is 16.0 Å². The minimum absolute atomic E-state index is 0. The number of nitrogens with one attached hydrogen (secondary N) is 3. The van der Waals surface area contributed by atoms with Crippen LogP contribution in [0.2, 0.25) is 0 Å². The van der Waals surface area contributed by atoms with E-state index >= 15 is 0 Å². The van der Waals surface area contributed by atoms with Crippen molar-refractivity contribution in [2.75, 3.05) is 38.5 Å². The van der Waals surface area contributed by atoms with Gasteiger partial charge in [0.2, 0.25) is 0 Å². The fourth-order valence-electron chi connectivity index (χ4n) is 3.69. The molecule has 1 aliphatic rings. The number of rotatable bonds is 10. The molecule has 0 aliphatic carbocycles. The molecule has 0 radical (unpaired) electrons. The number of nitrogens with zero attached hydrogens (tertiary/aromatic N) is 3. The molecule has 0 spiro atoms. The van der Waals surface area contributed by atoms with Gasteiger partial charge in [0.1, 0.15) is 5.82 Å². The molecule has 0 atom stereocenters. The Morgan fingerprint density at radius 3 is 2.39 bits per heavy atom. The maximum atomic E-state index is 4.33. The lowest BCUT2D eigenvalue weighted by atomic mass is 10.1. The van der Waals surface area contributed by atoms with Gasteiger partial charge in [-0.05, 0) is 62.0 Å². The summed E-state index contributed by atoms with van der Waals surface area (Å²) in [6.07, 6.45) is 8.04. The fraction of sp³-hybridized carbons (Fsp3) is 0.500. The van der Waals surface area contributed by atoms with E-state index in [0.29, 0.717) is 0 Å². The Morgan fingerprint density at radius 2 is 1.68 bits per heavy atom. The van der Waals surface area contributed by atoms with Crippen molar-refractivity contribution in [3.05, 3.63) is 59.8 Å². The highest BCUT2D eigenvalue weighted by Gasteiger charge is 2.10. The van der Waals surface area contributed by atoms with Gasteiger partial charge in [-0.15, -0.1) is 24.0 Å². The number of guanidine groups is 1. The van der Waals surface area contributed by atoms with Crippen LogP contribution >= 0.6 is 24.0 Å². The summed E-state index contributed by atoms with van der Waals surface area (Å²) in [5.41, 5.74) is 2.68. The molecular weight excluding hydrogens is 499 g/mol. The second-order valence-electron chi connectivity index (χ2n) is 7.85. The molecule has 2 heterocycles. The second-order valence-corrected chi connectivity index (χ2v) is 7.85. The highest BCUT2D eigenvalue weighted by molar-refractivity contribution is 14.0. The molecule has 0 amide bonds. The summed E-state index contributed by atoms with van der Waals surface area (Å²) in [5, 5.41) is 10.1. The van der Waals surface area contributed by atoms with E-state index in [-0.39, 0.29) is 24.0 Å². The monoisotopic (exact) mass is 536 g/mol. The standard InChI is InChI=1S/C24H36N6.HI/c1-25-24(28-16-6-5-15-27-23-9-3-4-14-26-23)29-19-21-10-12-22(13-11-21)20-30-17-7-2-8-18-30;/h3-4,9-14H,2,5-8,15-20H2,1H3,(H,26,27)(H2,25,28,29);1H. The SMILES string of the molecule is CN=C(NCCCCNc1ccccn1)NCc1ccc(CN2CCCCC2)cc1.I. The lowest BCUT2D eigenvalue weighted by Crippen LogP contribution is -2.37. The summed E-state index contributed by atoms with van der Waals surface area (Å²) in [5.74, 6) is 1.79. The Hall–Kier alpha value is -1.87. The van der Waals surface area contributed by atoms with Gasteiger partial charge in [0.25, 0.3) is 0 Å². The van der Waals surface area contributed by atoms with Crippen molar-refractivity contribution in [1.82, 2.24) is 20.5 Å². The molecule has 1 aromatic carbocycles. The summed E-state index contributed by atoms with van der Waals surface area (Å²) in [4.78, 5) is 11.2. The van der Waals surface area contributed by atoms with E-state index in [2.05, 4.69) is 55.1 Å². The van der Waals surface area contributed by atoms with Gasteiger partial charge in [-0.1, -0.05) is 36.8 Å². The van der Waals surface area contributed by atoms with Gasteiger partial charge in [0.15, 0.2) is 5.96 Å². The number of unbranched alkanes of at least 4 members (excludes halogenated alkanes) is 1. The van der Waals surface area contributed by atoms with Crippen molar-refractivity contribution in [3.63, 3.8) is 0 Å². The minimum Gasteiger partial charge on any atom is -0.370 e. The summed E-state index contributed by atoms with van der Waals surface area (Å²) >= 11 is 0. The van der Waals surface area contributed by atoms with Crippen molar-refractivity contribution >= 4 is 35.8 Å². The van der Waals surface area contributed by atoms with Gasteiger partial charge in [-0.2, -0.15) is 0 Å². The van der Waals surface area contributed by atoms with Crippen LogP contribution < -0.4 is 16.0 Å². The Kier molecular flexibility index (Phi) is 12.3. The number of aromatic nitrogens is 1. The fourth-order valence-corrected chi connectivity index (χ4v) is 3.69. The molecule has 1 aliphatic heterocycles. The Labute approximate surface area is 204 Å². The van der Waals surface area contributed by atoms with E-state index in [9.17, 15) is 0 Å². The van der Waals surface area contributed by atoms with Crippen LogP contribution in [0.3, 0.4) is 0 Å². The minimum atomic E-state index is 0. The van der Waals surface area contributed by atoms with E-state index in [0.717, 1.165) is 50.8 Å². The number of piperidine rings is 1. The summed E-state index contributed by atoms with van der Waals surface area (Å²) in [6, 6.07) is 14.9. The first-order valence-electron chi connectivity index (χ1n) is 11.2. The van der Waals surface area contributed by atoms with E-state index in [4.69, 9.17) is 0 Å². The van der Waals surface area contributed by atoms with Crippen LogP contribution in [-0.4, -0.2) is 49.1 Å². The predicted octanol–water partition coefficient (Wildman–Crippen LogP) is 4.24. The molecule has 7 heteroatoms. The molecule has 3 rings (SSSR count). The number of anilines is 1. The van der Waals surface area contributed by atoms with Gasteiger partial charge in [-0.25, -0.2) is 4.98 Å². The maximum absolute atomic E-state index is 4.33. The molecule has 170 valence electrons. The highest BCUT2D eigenvalue weighted by atomic mass is 127. The first-order valence-corrected chi connectivity index (χ1v) is 11.2. The zero-order valence-corrected chi connectivity index (χ0v) is 21.0. The summed E-state index contributed by atoms with van der Waals surface area (Å²) in [7, 11) is 1.82. The third kappa shape index (κ3) is 9.86. The molecule has 2 aromatic rings. The van der Waals surface area contributed by atoms with Crippen LogP contribution in [0.15, 0.2) is 53.7 Å². The quantitative estimate of drug-likeness (QED) is 0.184. The first-order chi connectivity index (χ1) is 14.8. The van der Waals surface area contributed by atoms with Crippen LogP contribution in [-0.2, 0) is 13.1 Å². The Balaban J connectivity index is 0.00000341. The second kappa shape index (κ2) is 15.0. The van der Waals surface area contributed by atoms with E-state index in [1.54, 1.807) is 0 Å². The Morgan fingerprint density at radius 1 is 0.935 bits per heavy atom. The van der Waals surface area contributed by atoms with Crippen LogP contribution in [0.1, 0.15) is 43.2 Å².